The Morgan fingerprint density at radius 3 is 2.48 bits per heavy atom. The van der Waals surface area contributed by atoms with Gasteiger partial charge in [0.25, 0.3) is 0 Å². The molecule has 1 unspecified atom stereocenters. The molecule has 0 saturated heterocycles. The minimum Gasteiger partial charge on any atom is -0.371 e. The van der Waals surface area contributed by atoms with Crippen molar-refractivity contribution >= 4 is 5.91 Å². The first-order chi connectivity index (χ1) is 11.3. The number of carbonyl (C=O) groups excluding carboxylic acids is 1. The standard InChI is InChI=1S/C20H29NO2/c22-20(15-23-14-17-11-12-17)21-19(18-9-5-2-6-10-18)13-16-7-3-1-4-8-16/h2,5-6,9-10,16-17,19H,1,3-4,7-8,11-15H2,(H,21,22). The van der Waals surface area contributed by atoms with E-state index in [-0.39, 0.29) is 18.6 Å². The molecule has 0 spiro atoms. The zero-order chi connectivity index (χ0) is 15.9. The highest BCUT2D eigenvalue weighted by Gasteiger charge is 2.23. The number of amides is 1. The number of hydrogen-bond acceptors (Lipinski definition) is 2. The van der Waals surface area contributed by atoms with Crippen molar-refractivity contribution in [1.29, 1.82) is 0 Å². The van der Waals surface area contributed by atoms with Crippen molar-refractivity contribution in [3.63, 3.8) is 0 Å². The lowest BCUT2D eigenvalue weighted by molar-refractivity contribution is -0.126. The molecule has 0 bridgehead atoms. The maximum atomic E-state index is 12.2. The number of ether oxygens (including phenoxy) is 1. The third-order valence-electron chi connectivity index (χ3n) is 5.11. The summed E-state index contributed by atoms with van der Waals surface area (Å²) in [6.45, 7) is 0.941. The second kappa shape index (κ2) is 8.49. The Morgan fingerprint density at radius 1 is 1.04 bits per heavy atom. The van der Waals surface area contributed by atoms with Crippen LogP contribution in [-0.2, 0) is 9.53 Å². The van der Waals surface area contributed by atoms with Crippen molar-refractivity contribution in [3.8, 4) is 0 Å². The van der Waals surface area contributed by atoms with Crippen molar-refractivity contribution in [2.24, 2.45) is 11.8 Å². The topological polar surface area (TPSA) is 38.3 Å². The third kappa shape index (κ3) is 5.65. The molecule has 2 fully saturated rings. The quantitative estimate of drug-likeness (QED) is 0.779. The summed E-state index contributed by atoms with van der Waals surface area (Å²) in [6, 6.07) is 10.5. The summed E-state index contributed by atoms with van der Waals surface area (Å²) in [5.74, 6) is 1.46. The smallest absolute Gasteiger partial charge is 0.246 e. The Labute approximate surface area is 139 Å². The van der Waals surface area contributed by atoms with Crippen molar-refractivity contribution in [2.75, 3.05) is 13.2 Å². The molecule has 3 nitrogen and oxygen atoms in total. The van der Waals surface area contributed by atoms with Crippen LogP contribution in [0.5, 0.6) is 0 Å². The molecule has 23 heavy (non-hydrogen) atoms. The lowest BCUT2D eigenvalue weighted by atomic mass is 9.83. The predicted octanol–water partition coefficient (Wildman–Crippen LogP) is 4.24. The number of carbonyl (C=O) groups is 1. The number of rotatable bonds is 8. The fraction of sp³-hybridized carbons (Fsp3) is 0.650. The van der Waals surface area contributed by atoms with Crippen molar-refractivity contribution < 1.29 is 9.53 Å². The lowest BCUT2D eigenvalue weighted by Crippen LogP contribution is -2.33. The molecular formula is C20H29NO2. The summed E-state index contributed by atoms with van der Waals surface area (Å²) in [6.07, 6.45) is 10.2. The van der Waals surface area contributed by atoms with E-state index in [2.05, 4.69) is 29.6 Å². The van der Waals surface area contributed by atoms with Gasteiger partial charge >= 0.3 is 0 Å². The van der Waals surface area contributed by atoms with Crippen LogP contribution in [0.1, 0.15) is 63.0 Å². The van der Waals surface area contributed by atoms with E-state index in [9.17, 15) is 4.79 Å². The van der Waals surface area contributed by atoms with E-state index in [1.807, 2.05) is 6.07 Å². The monoisotopic (exact) mass is 315 g/mol. The average molecular weight is 315 g/mol. The van der Waals surface area contributed by atoms with Crippen LogP contribution in [-0.4, -0.2) is 19.1 Å². The molecule has 0 aliphatic heterocycles. The van der Waals surface area contributed by atoms with Gasteiger partial charge in [0.1, 0.15) is 6.61 Å². The highest BCUT2D eigenvalue weighted by molar-refractivity contribution is 5.77. The van der Waals surface area contributed by atoms with Gasteiger partial charge in [-0.2, -0.15) is 0 Å². The van der Waals surface area contributed by atoms with E-state index in [0.29, 0.717) is 5.92 Å². The molecule has 126 valence electrons. The van der Waals surface area contributed by atoms with E-state index >= 15 is 0 Å². The summed E-state index contributed by atoms with van der Waals surface area (Å²) in [5, 5.41) is 3.21. The normalized spacial score (nSPS) is 20.2. The summed E-state index contributed by atoms with van der Waals surface area (Å²) >= 11 is 0. The third-order valence-corrected chi connectivity index (χ3v) is 5.11. The summed E-state index contributed by atoms with van der Waals surface area (Å²) < 4.78 is 5.53. The van der Waals surface area contributed by atoms with Crippen LogP contribution in [0.3, 0.4) is 0 Å². The van der Waals surface area contributed by atoms with Gasteiger partial charge in [-0.15, -0.1) is 0 Å². The molecule has 0 heterocycles. The van der Waals surface area contributed by atoms with Crippen LogP contribution < -0.4 is 5.32 Å². The molecule has 1 aromatic rings. The molecule has 2 saturated carbocycles. The first kappa shape index (κ1) is 16.5. The summed E-state index contributed by atoms with van der Waals surface area (Å²) in [4.78, 5) is 12.2. The summed E-state index contributed by atoms with van der Waals surface area (Å²) in [5.41, 5.74) is 1.22. The van der Waals surface area contributed by atoms with E-state index in [1.165, 1.54) is 50.5 Å². The predicted molar refractivity (Wildman–Crippen MR) is 92.1 cm³/mol. The van der Waals surface area contributed by atoms with Gasteiger partial charge in [0.2, 0.25) is 5.91 Å². The van der Waals surface area contributed by atoms with Crippen molar-refractivity contribution in [3.05, 3.63) is 35.9 Å². The zero-order valence-electron chi connectivity index (χ0n) is 14.0. The Morgan fingerprint density at radius 2 is 1.78 bits per heavy atom. The number of hydrogen-bond donors (Lipinski definition) is 1. The van der Waals surface area contributed by atoms with Crippen LogP contribution in [0.25, 0.3) is 0 Å². The second-order valence-corrected chi connectivity index (χ2v) is 7.23. The zero-order valence-corrected chi connectivity index (χ0v) is 14.0. The Balaban J connectivity index is 1.53. The van der Waals surface area contributed by atoms with Gasteiger partial charge in [0.05, 0.1) is 12.6 Å². The molecule has 1 aromatic carbocycles. The first-order valence-electron chi connectivity index (χ1n) is 9.23. The van der Waals surface area contributed by atoms with Crippen LogP contribution >= 0.6 is 0 Å². The number of nitrogens with one attached hydrogen (secondary N) is 1. The van der Waals surface area contributed by atoms with Gasteiger partial charge in [-0.3, -0.25) is 4.79 Å². The van der Waals surface area contributed by atoms with Gasteiger partial charge in [0.15, 0.2) is 0 Å². The molecule has 1 amide bonds. The minimum atomic E-state index is 0.0234. The van der Waals surface area contributed by atoms with E-state index in [4.69, 9.17) is 4.74 Å². The lowest BCUT2D eigenvalue weighted by Gasteiger charge is -2.27. The highest BCUT2D eigenvalue weighted by atomic mass is 16.5. The molecule has 0 radical (unpaired) electrons. The molecule has 2 aliphatic carbocycles. The average Bonchev–Trinajstić information content (AvgIpc) is 3.40. The van der Waals surface area contributed by atoms with Gasteiger partial charge in [-0.25, -0.2) is 0 Å². The van der Waals surface area contributed by atoms with Crippen LogP contribution in [0.15, 0.2) is 30.3 Å². The Bertz CT molecular complexity index is 478. The molecule has 1 atom stereocenters. The summed E-state index contributed by atoms with van der Waals surface area (Å²) in [7, 11) is 0. The van der Waals surface area contributed by atoms with E-state index < -0.39 is 0 Å². The van der Waals surface area contributed by atoms with E-state index in [1.54, 1.807) is 0 Å². The Kier molecular flexibility index (Phi) is 6.09. The van der Waals surface area contributed by atoms with Gasteiger partial charge in [0, 0.05) is 0 Å². The van der Waals surface area contributed by atoms with E-state index in [0.717, 1.165) is 18.9 Å². The molecule has 3 heteroatoms. The van der Waals surface area contributed by atoms with Gasteiger partial charge in [-0.05, 0) is 36.7 Å². The second-order valence-electron chi connectivity index (χ2n) is 7.23. The van der Waals surface area contributed by atoms with Gasteiger partial charge < -0.3 is 10.1 Å². The molecular weight excluding hydrogens is 286 g/mol. The fourth-order valence-electron chi connectivity index (χ4n) is 3.56. The molecule has 0 aromatic heterocycles. The largest absolute Gasteiger partial charge is 0.371 e. The highest BCUT2D eigenvalue weighted by Crippen LogP contribution is 2.32. The molecule has 2 aliphatic rings. The number of benzene rings is 1. The fourth-order valence-corrected chi connectivity index (χ4v) is 3.56. The van der Waals surface area contributed by atoms with Crippen molar-refractivity contribution in [2.45, 2.75) is 57.4 Å². The van der Waals surface area contributed by atoms with Gasteiger partial charge in [-0.1, -0.05) is 62.4 Å². The Hall–Kier alpha value is -1.35. The maximum Gasteiger partial charge on any atom is 0.246 e. The van der Waals surface area contributed by atoms with Crippen LogP contribution in [0.2, 0.25) is 0 Å². The maximum absolute atomic E-state index is 12.2. The molecule has 3 rings (SSSR count). The van der Waals surface area contributed by atoms with Crippen LogP contribution in [0.4, 0.5) is 0 Å². The van der Waals surface area contributed by atoms with Crippen molar-refractivity contribution in [1.82, 2.24) is 5.32 Å². The molecule has 1 N–H and O–H groups in total. The minimum absolute atomic E-state index is 0.0234. The SMILES string of the molecule is O=C(COCC1CC1)NC(CC1CCCCC1)c1ccccc1. The first-order valence-corrected chi connectivity index (χ1v) is 9.23. The van der Waals surface area contributed by atoms with Crippen LogP contribution in [0, 0.1) is 11.8 Å².